The number of carbonyl (C=O) groups excluding carboxylic acids is 2. The molecule has 9 nitrogen and oxygen atoms in total. The van der Waals surface area contributed by atoms with Crippen LogP contribution in [0.15, 0.2) is 24.3 Å². The van der Waals surface area contributed by atoms with Crippen LogP contribution in [0.2, 0.25) is 0 Å². The molecule has 0 fully saturated rings. The average molecular weight is 315 g/mol. The fourth-order valence-corrected chi connectivity index (χ4v) is 1.43. The number of hydrogen-bond donors (Lipinski definition) is 3. The molecule has 0 unspecified atom stereocenters. The van der Waals surface area contributed by atoms with Gasteiger partial charge < -0.3 is 14.6 Å². The van der Waals surface area contributed by atoms with E-state index in [1.807, 2.05) is 0 Å². The molecule has 0 aliphatic rings. The first-order valence-corrected chi connectivity index (χ1v) is 6.42. The van der Waals surface area contributed by atoms with E-state index in [4.69, 9.17) is 19.9 Å². The number of unbranched alkanes of at least 4 members (excludes halogenated alkanes) is 1. The van der Waals surface area contributed by atoms with Crippen molar-refractivity contribution in [1.82, 2.24) is 5.39 Å². The quantitative estimate of drug-likeness (QED) is 0.346. The fraction of sp³-hybridized carbons (Fsp3) is 0.385. The highest BCUT2D eigenvalue weighted by atomic mass is 17.1. The second kappa shape index (κ2) is 9.68. The second-order valence-electron chi connectivity index (χ2n) is 4.11. The summed E-state index contributed by atoms with van der Waals surface area (Å²) in [7, 11) is 0. The van der Waals surface area contributed by atoms with Crippen molar-refractivity contribution >= 4 is 11.9 Å². The van der Waals surface area contributed by atoms with E-state index >= 15 is 0 Å². The van der Waals surface area contributed by atoms with Gasteiger partial charge in [0, 0.05) is 0 Å². The van der Waals surface area contributed by atoms with Crippen molar-refractivity contribution in [3.05, 3.63) is 29.8 Å². The Hall–Kier alpha value is -2.20. The summed E-state index contributed by atoms with van der Waals surface area (Å²) in [6.45, 7) is -0.440. The van der Waals surface area contributed by atoms with E-state index in [1.165, 1.54) is 12.1 Å². The topological polar surface area (TPSA) is 126 Å². The predicted molar refractivity (Wildman–Crippen MR) is 69.9 cm³/mol. The molecule has 22 heavy (non-hydrogen) atoms. The molecule has 0 aromatic heterocycles. The Bertz CT molecular complexity index is 491. The lowest BCUT2D eigenvalue weighted by Gasteiger charge is -2.08. The molecule has 0 radical (unpaired) electrons. The molecule has 122 valence electrons. The Morgan fingerprint density at radius 2 is 1.73 bits per heavy atom. The van der Waals surface area contributed by atoms with E-state index in [0.717, 1.165) is 0 Å². The van der Waals surface area contributed by atoms with Gasteiger partial charge in [-0.25, -0.2) is 9.59 Å². The van der Waals surface area contributed by atoms with Crippen LogP contribution in [0.25, 0.3) is 0 Å². The molecule has 0 spiro atoms. The van der Waals surface area contributed by atoms with Gasteiger partial charge in [0.15, 0.2) is 6.61 Å². The molecule has 3 N–H and O–H groups in total. The van der Waals surface area contributed by atoms with E-state index in [-0.39, 0.29) is 24.5 Å². The number of benzene rings is 1. The van der Waals surface area contributed by atoms with Gasteiger partial charge in [0.1, 0.15) is 11.3 Å². The first-order chi connectivity index (χ1) is 10.5. The van der Waals surface area contributed by atoms with Crippen molar-refractivity contribution in [1.29, 1.82) is 0 Å². The predicted octanol–water partition coefficient (Wildman–Crippen LogP) is 0.884. The average Bonchev–Trinajstić information content (AvgIpc) is 2.48. The van der Waals surface area contributed by atoms with E-state index in [2.05, 4.69) is 4.84 Å². The number of rotatable bonds is 9. The molecular formula is C13H17NO8. The first-order valence-electron chi connectivity index (χ1n) is 6.42. The zero-order valence-corrected chi connectivity index (χ0v) is 11.7. The summed E-state index contributed by atoms with van der Waals surface area (Å²) in [6, 6.07) is 5.80. The minimum absolute atomic E-state index is 0.0370. The van der Waals surface area contributed by atoms with Gasteiger partial charge in [-0.2, -0.15) is 0 Å². The molecule has 1 aromatic carbocycles. The van der Waals surface area contributed by atoms with Crippen molar-refractivity contribution in [2.45, 2.75) is 12.8 Å². The lowest BCUT2D eigenvalue weighted by atomic mass is 10.2. The molecule has 0 aliphatic carbocycles. The molecule has 0 atom stereocenters. The van der Waals surface area contributed by atoms with Crippen LogP contribution in [0.5, 0.6) is 5.75 Å². The maximum absolute atomic E-state index is 11.6. The number of esters is 2. The Morgan fingerprint density at radius 3 is 2.41 bits per heavy atom. The van der Waals surface area contributed by atoms with Crippen molar-refractivity contribution in [2.24, 2.45) is 0 Å². The highest BCUT2D eigenvalue weighted by molar-refractivity contribution is 5.93. The summed E-state index contributed by atoms with van der Waals surface area (Å²) in [4.78, 5) is 27.2. The standard InChI is InChI=1S/C13H17NO8/c15-11-6-2-1-5-10(11)13(17)21-9-12(16)20-7-3-4-8-22-14(18)19/h1-2,5-6,15,18-19H,3-4,7-9H2. The normalized spacial score (nSPS) is 10.5. The lowest BCUT2D eigenvalue weighted by Crippen LogP contribution is -2.18. The summed E-state index contributed by atoms with van der Waals surface area (Å²) in [5.41, 5.74) is -0.0370. The molecule has 0 saturated heterocycles. The van der Waals surface area contributed by atoms with Crippen LogP contribution in [-0.2, 0) is 19.1 Å². The van der Waals surface area contributed by atoms with E-state index < -0.39 is 23.9 Å². The highest BCUT2D eigenvalue weighted by Crippen LogP contribution is 2.16. The summed E-state index contributed by atoms with van der Waals surface area (Å²) < 4.78 is 9.50. The van der Waals surface area contributed by atoms with E-state index in [1.54, 1.807) is 12.1 Å². The van der Waals surface area contributed by atoms with Gasteiger partial charge in [-0.05, 0) is 25.0 Å². The maximum atomic E-state index is 11.6. The van der Waals surface area contributed by atoms with E-state index in [9.17, 15) is 14.7 Å². The molecule has 1 rings (SSSR count). The van der Waals surface area contributed by atoms with Crippen LogP contribution in [0, 0.1) is 0 Å². The Kier molecular flexibility index (Phi) is 7.86. The third-order valence-corrected chi connectivity index (χ3v) is 2.45. The summed E-state index contributed by atoms with van der Waals surface area (Å²) in [5.74, 6) is -1.78. The molecule has 0 amide bonds. The molecule has 0 aliphatic heterocycles. The van der Waals surface area contributed by atoms with Crippen molar-refractivity contribution in [3.63, 3.8) is 0 Å². The first kappa shape index (κ1) is 17.9. The van der Waals surface area contributed by atoms with Crippen LogP contribution in [0.3, 0.4) is 0 Å². The van der Waals surface area contributed by atoms with Crippen molar-refractivity contribution in [2.75, 3.05) is 19.8 Å². The van der Waals surface area contributed by atoms with Gasteiger partial charge in [0.25, 0.3) is 0 Å². The van der Waals surface area contributed by atoms with Crippen LogP contribution in [-0.4, -0.2) is 52.7 Å². The third kappa shape index (κ3) is 6.99. The zero-order valence-electron chi connectivity index (χ0n) is 11.7. The molecular weight excluding hydrogens is 298 g/mol. The van der Waals surface area contributed by atoms with Crippen LogP contribution in [0.1, 0.15) is 23.2 Å². The van der Waals surface area contributed by atoms with Gasteiger partial charge in [-0.3, -0.25) is 15.3 Å². The number of ether oxygens (including phenoxy) is 2. The lowest BCUT2D eigenvalue weighted by molar-refractivity contribution is -0.492. The van der Waals surface area contributed by atoms with Crippen LogP contribution >= 0.6 is 0 Å². The van der Waals surface area contributed by atoms with Crippen LogP contribution in [0.4, 0.5) is 0 Å². The van der Waals surface area contributed by atoms with Crippen LogP contribution < -0.4 is 0 Å². The largest absolute Gasteiger partial charge is 0.507 e. The maximum Gasteiger partial charge on any atom is 0.344 e. The molecule has 0 saturated carbocycles. The number of aromatic hydroxyl groups is 1. The number of para-hydroxylation sites is 1. The van der Waals surface area contributed by atoms with E-state index in [0.29, 0.717) is 12.8 Å². The van der Waals surface area contributed by atoms with Crippen molar-refractivity contribution in [3.8, 4) is 5.75 Å². The van der Waals surface area contributed by atoms with Crippen molar-refractivity contribution < 1.29 is 39.4 Å². The number of hydrogen-bond acceptors (Lipinski definition) is 9. The second-order valence-corrected chi connectivity index (χ2v) is 4.11. The Morgan fingerprint density at radius 1 is 1.05 bits per heavy atom. The number of nitrogens with zero attached hydrogens (tertiary/aromatic N) is 1. The molecule has 9 heteroatoms. The molecule has 1 aromatic rings. The number of phenols is 1. The highest BCUT2D eigenvalue weighted by Gasteiger charge is 2.14. The summed E-state index contributed by atoms with van der Waals surface area (Å²) in [6.07, 6.45) is 0.871. The monoisotopic (exact) mass is 315 g/mol. The van der Waals surface area contributed by atoms with Gasteiger partial charge in [-0.15, -0.1) is 0 Å². The zero-order chi connectivity index (χ0) is 16.4. The minimum Gasteiger partial charge on any atom is -0.507 e. The molecule has 0 bridgehead atoms. The Balaban J connectivity index is 2.16. The number of carbonyl (C=O) groups is 2. The SMILES string of the molecule is O=C(COC(=O)c1ccccc1O)OCCCCON(O)O. The van der Waals surface area contributed by atoms with Gasteiger partial charge >= 0.3 is 11.9 Å². The fourth-order valence-electron chi connectivity index (χ4n) is 1.43. The van der Waals surface area contributed by atoms with Gasteiger partial charge in [0.2, 0.25) is 0 Å². The summed E-state index contributed by atoms with van der Waals surface area (Å²) in [5, 5.41) is 25.5. The third-order valence-electron chi connectivity index (χ3n) is 2.45. The summed E-state index contributed by atoms with van der Waals surface area (Å²) >= 11 is 0. The minimum atomic E-state index is -0.825. The Labute approximate surface area is 126 Å². The van der Waals surface area contributed by atoms with Gasteiger partial charge in [-0.1, -0.05) is 12.1 Å². The smallest absolute Gasteiger partial charge is 0.344 e. The molecule has 0 heterocycles. The van der Waals surface area contributed by atoms with Gasteiger partial charge in [0.05, 0.1) is 18.6 Å². The number of phenolic OH excluding ortho intramolecular Hbond substituents is 1.